The number of piperazine rings is 1. The van der Waals surface area contributed by atoms with E-state index in [1.54, 1.807) is 5.01 Å². The van der Waals surface area contributed by atoms with Crippen LogP contribution < -0.4 is 10.4 Å². The Kier molecular flexibility index (Phi) is 7.05. The molecule has 8 nitrogen and oxygen atoms in total. The second-order valence-corrected chi connectivity index (χ2v) is 10.2. The first kappa shape index (κ1) is 23.7. The van der Waals surface area contributed by atoms with Gasteiger partial charge in [-0.2, -0.15) is 0 Å². The lowest BCUT2D eigenvalue weighted by Crippen LogP contribution is -2.60. The molecule has 0 bridgehead atoms. The van der Waals surface area contributed by atoms with E-state index in [0.717, 1.165) is 5.69 Å². The largest absolute Gasteiger partial charge is 0.339 e. The van der Waals surface area contributed by atoms with E-state index in [1.165, 1.54) is 0 Å². The van der Waals surface area contributed by atoms with E-state index in [9.17, 15) is 14.4 Å². The van der Waals surface area contributed by atoms with E-state index in [2.05, 4.69) is 24.2 Å². The Bertz CT molecular complexity index is 866. The number of amides is 3. The van der Waals surface area contributed by atoms with Crippen LogP contribution in [0.15, 0.2) is 30.3 Å². The number of anilines is 1. The van der Waals surface area contributed by atoms with Gasteiger partial charge in [0.1, 0.15) is 0 Å². The van der Waals surface area contributed by atoms with Crippen molar-refractivity contribution >= 4 is 23.4 Å². The summed E-state index contributed by atoms with van der Waals surface area (Å²) in [7, 11) is 0. The summed E-state index contributed by atoms with van der Waals surface area (Å²) < 4.78 is 0. The zero-order valence-corrected chi connectivity index (χ0v) is 20.2. The van der Waals surface area contributed by atoms with Crippen LogP contribution in [0.4, 0.5) is 5.69 Å². The maximum atomic E-state index is 13.7. The first-order valence-corrected chi connectivity index (χ1v) is 12.2. The first-order valence-electron chi connectivity index (χ1n) is 12.2. The summed E-state index contributed by atoms with van der Waals surface area (Å²) in [5.74, 6) is 0.0465. The van der Waals surface area contributed by atoms with Crippen LogP contribution in [0.5, 0.6) is 0 Å². The molecule has 3 fully saturated rings. The summed E-state index contributed by atoms with van der Waals surface area (Å²) in [5.41, 5.74) is 4.18. The lowest BCUT2D eigenvalue weighted by Gasteiger charge is -2.43. The molecule has 3 saturated heterocycles. The molecule has 3 aliphatic rings. The third kappa shape index (κ3) is 4.92. The SMILES string of the molecule is CC(C)CC(=O)N1CCN(C(=O)C2CN(C(C)C)CC3C(=O)N(c4ccccc4)NC23)CC1. The summed E-state index contributed by atoms with van der Waals surface area (Å²) in [4.78, 5) is 45.5. The van der Waals surface area contributed by atoms with Gasteiger partial charge in [0.2, 0.25) is 17.7 Å². The van der Waals surface area contributed by atoms with Crippen molar-refractivity contribution in [3.8, 4) is 0 Å². The van der Waals surface area contributed by atoms with Gasteiger partial charge in [-0.3, -0.25) is 19.3 Å². The average molecular weight is 456 g/mol. The van der Waals surface area contributed by atoms with Gasteiger partial charge in [0.05, 0.1) is 23.6 Å². The highest BCUT2D eigenvalue weighted by atomic mass is 16.2. The Labute approximate surface area is 196 Å². The Morgan fingerprint density at radius 1 is 0.970 bits per heavy atom. The van der Waals surface area contributed by atoms with E-state index < -0.39 is 0 Å². The molecule has 0 radical (unpaired) electrons. The number of likely N-dealkylation sites (tertiary alicyclic amines) is 1. The number of hydrogen-bond donors (Lipinski definition) is 1. The minimum Gasteiger partial charge on any atom is -0.339 e. The second kappa shape index (κ2) is 9.81. The van der Waals surface area contributed by atoms with Crippen LogP contribution in [0.1, 0.15) is 34.1 Å². The van der Waals surface area contributed by atoms with Crippen molar-refractivity contribution in [1.82, 2.24) is 20.1 Å². The molecule has 3 unspecified atom stereocenters. The third-order valence-corrected chi connectivity index (χ3v) is 7.13. The normalized spacial score (nSPS) is 26.3. The lowest BCUT2D eigenvalue weighted by molar-refractivity contribution is -0.145. The zero-order valence-electron chi connectivity index (χ0n) is 20.2. The fourth-order valence-corrected chi connectivity index (χ4v) is 5.20. The molecule has 0 saturated carbocycles. The van der Waals surface area contributed by atoms with Crippen LogP contribution in [0.25, 0.3) is 0 Å². The van der Waals surface area contributed by atoms with Gasteiger partial charge in [-0.1, -0.05) is 32.0 Å². The van der Waals surface area contributed by atoms with Crippen molar-refractivity contribution in [2.75, 3.05) is 44.3 Å². The maximum Gasteiger partial charge on any atom is 0.247 e. The lowest BCUT2D eigenvalue weighted by atomic mass is 9.83. The fraction of sp³-hybridized carbons (Fsp3) is 0.640. The van der Waals surface area contributed by atoms with Crippen LogP contribution in [0.2, 0.25) is 0 Å². The molecule has 3 heterocycles. The summed E-state index contributed by atoms with van der Waals surface area (Å²) in [6.45, 7) is 11.9. The predicted octanol–water partition coefficient (Wildman–Crippen LogP) is 1.58. The number of benzene rings is 1. The number of piperidine rings is 1. The fourth-order valence-electron chi connectivity index (χ4n) is 5.20. The molecular weight excluding hydrogens is 418 g/mol. The molecule has 4 rings (SSSR count). The van der Waals surface area contributed by atoms with E-state index in [0.29, 0.717) is 51.6 Å². The number of hydrazine groups is 1. The van der Waals surface area contributed by atoms with Gasteiger partial charge in [0, 0.05) is 51.7 Å². The highest BCUT2D eigenvalue weighted by Gasteiger charge is 2.52. The molecule has 180 valence electrons. The summed E-state index contributed by atoms with van der Waals surface area (Å²) in [5, 5.41) is 1.63. The van der Waals surface area contributed by atoms with Gasteiger partial charge >= 0.3 is 0 Å². The minimum absolute atomic E-state index is 0.0263. The monoisotopic (exact) mass is 455 g/mol. The van der Waals surface area contributed by atoms with Crippen molar-refractivity contribution in [3.63, 3.8) is 0 Å². The van der Waals surface area contributed by atoms with E-state index in [4.69, 9.17) is 0 Å². The first-order chi connectivity index (χ1) is 15.8. The number of nitrogens with one attached hydrogen (secondary N) is 1. The summed E-state index contributed by atoms with van der Waals surface area (Å²) >= 11 is 0. The van der Waals surface area contributed by atoms with Gasteiger partial charge in [-0.05, 0) is 31.9 Å². The third-order valence-electron chi connectivity index (χ3n) is 7.13. The number of carbonyl (C=O) groups excluding carboxylic acids is 3. The molecule has 3 atom stereocenters. The standard InChI is InChI=1S/C25H37N5O3/c1-17(2)14-22(31)27-10-12-28(13-11-27)24(32)20-15-29(18(3)4)16-21-23(20)26-30(25(21)33)19-8-6-5-7-9-19/h5-9,17-18,20-21,23,26H,10-16H2,1-4H3. The number of carbonyl (C=O) groups is 3. The topological polar surface area (TPSA) is 76.2 Å². The number of hydrogen-bond acceptors (Lipinski definition) is 5. The molecule has 1 N–H and O–H groups in total. The van der Waals surface area contributed by atoms with Gasteiger partial charge in [0.15, 0.2) is 0 Å². The molecule has 3 aliphatic heterocycles. The Morgan fingerprint density at radius 3 is 2.21 bits per heavy atom. The van der Waals surface area contributed by atoms with Crippen LogP contribution in [0, 0.1) is 17.8 Å². The number of fused-ring (bicyclic) bond motifs is 1. The molecule has 8 heteroatoms. The Balaban J connectivity index is 1.48. The zero-order chi connectivity index (χ0) is 23.7. The van der Waals surface area contributed by atoms with Gasteiger partial charge in [-0.25, -0.2) is 10.4 Å². The molecular formula is C25H37N5O3. The molecule has 0 spiro atoms. The van der Waals surface area contributed by atoms with Crippen molar-refractivity contribution < 1.29 is 14.4 Å². The Morgan fingerprint density at radius 2 is 1.61 bits per heavy atom. The second-order valence-electron chi connectivity index (χ2n) is 10.2. The molecule has 1 aromatic rings. The number of rotatable bonds is 5. The number of para-hydroxylation sites is 1. The van der Waals surface area contributed by atoms with E-state index in [1.807, 2.05) is 54.0 Å². The smallest absolute Gasteiger partial charge is 0.247 e. The maximum absolute atomic E-state index is 13.7. The molecule has 3 amide bonds. The van der Waals surface area contributed by atoms with E-state index in [-0.39, 0.29) is 41.6 Å². The van der Waals surface area contributed by atoms with Crippen LogP contribution >= 0.6 is 0 Å². The summed E-state index contributed by atoms with van der Waals surface area (Å²) in [6.07, 6.45) is 0.547. The van der Waals surface area contributed by atoms with Crippen molar-refractivity contribution in [3.05, 3.63) is 30.3 Å². The minimum atomic E-state index is -0.304. The van der Waals surface area contributed by atoms with Crippen molar-refractivity contribution in [2.45, 2.75) is 46.2 Å². The quantitative estimate of drug-likeness (QED) is 0.730. The summed E-state index contributed by atoms with van der Waals surface area (Å²) in [6, 6.07) is 9.60. The Hall–Kier alpha value is -2.45. The molecule has 33 heavy (non-hydrogen) atoms. The van der Waals surface area contributed by atoms with Crippen LogP contribution in [0.3, 0.4) is 0 Å². The average Bonchev–Trinajstić information content (AvgIpc) is 3.14. The van der Waals surface area contributed by atoms with Crippen molar-refractivity contribution in [1.29, 1.82) is 0 Å². The highest BCUT2D eigenvalue weighted by molar-refractivity contribution is 5.98. The molecule has 1 aromatic carbocycles. The van der Waals surface area contributed by atoms with Gasteiger partial charge < -0.3 is 9.80 Å². The predicted molar refractivity (Wildman–Crippen MR) is 127 cm³/mol. The van der Waals surface area contributed by atoms with Gasteiger partial charge in [0.25, 0.3) is 0 Å². The number of nitrogens with zero attached hydrogens (tertiary/aromatic N) is 4. The van der Waals surface area contributed by atoms with Crippen LogP contribution in [-0.4, -0.2) is 83.8 Å². The van der Waals surface area contributed by atoms with Crippen molar-refractivity contribution in [2.24, 2.45) is 17.8 Å². The van der Waals surface area contributed by atoms with Gasteiger partial charge in [-0.15, -0.1) is 0 Å². The van der Waals surface area contributed by atoms with E-state index >= 15 is 0 Å². The van der Waals surface area contributed by atoms with Crippen LogP contribution in [-0.2, 0) is 14.4 Å². The highest BCUT2D eigenvalue weighted by Crippen LogP contribution is 2.33. The molecule has 0 aromatic heterocycles. The molecule has 0 aliphatic carbocycles.